The molecule has 1 heterocycles. The number of hydrogen-bond donors (Lipinski definition) is 2. The molecular formula is C25H20FN5O7. The Morgan fingerprint density at radius 1 is 1.16 bits per heavy atom. The van der Waals surface area contributed by atoms with Crippen molar-refractivity contribution in [1.82, 2.24) is 9.66 Å². The molecule has 0 bridgehead atoms. The zero-order valence-electron chi connectivity index (χ0n) is 19.8. The van der Waals surface area contributed by atoms with Gasteiger partial charge in [-0.15, -0.1) is 4.68 Å². The molecule has 38 heavy (non-hydrogen) atoms. The third-order valence-corrected chi connectivity index (χ3v) is 5.12. The average Bonchev–Trinajstić information content (AvgIpc) is 2.87. The predicted octanol–water partition coefficient (Wildman–Crippen LogP) is 3.04. The molecule has 12 nitrogen and oxygen atoms in total. The van der Waals surface area contributed by atoms with Gasteiger partial charge in [0.1, 0.15) is 5.82 Å². The maximum absolute atomic E-state index is 13.3. The van der Waals surface area contributed by atoms with Crippen molar-refractivity contribution in [3.63, 3.8) is 0 Å². The summed E-state index contributed by atoms with van der Waals surface area (Å²) in [6, 6.07) is 14.0. The smallest absolute Gasteiger partial charge is 0.349 e. The van der Waals surface area contributed by atoms with E-state index in [0.29, 0.717) is 10.2 Å². The summed E-state index contributed by atoms with van der Waals surface area (Å²) >= 11 is 0. The number of nitrogens with one attached hydrogen (secondary N) is 2. The average molecular weight is 521 g/mol. The maximum atomic E-state index is 13.3. The van der Waals surface area contributed by atoms with Crippen LogP contribution in [0.5, 0.6) is 11.5 Å². The highest BCUT2D eigenvalue weighted by molar-refractivity contribution is 5.92. The van der Waals surface area contributed by atoms with Crippen LogP contribution in [0.4, 0.5) is 15.8 Å². The first-order chi connectivity index (χ1) is 18.3. The molecule has 0 saturated heterocycles. The van der Waals surface area contributed by atoms with Crippen LogP contribution in [0.1, 0.15) is 12.5 Å². The van der Waals surface area contributed by atoms with Gasteiger partial charge in [0, 0.05) is 17.3 Å². The highest BCUT2D eigenvalue weighted by Crippen LogP contribution is 2.38. The van der Waals surface area contributed by atoms with Crippen molar-refractivity contribution in [1.29, 1.82) is 0 Å². The number of carbonyl (C=O) groups excluding carboxylic acids is 1. The van der Waals surface area contributed by atoms with E-state index in [4.69, 9.17) is 9.47 Å². The summed E-state index contributed by atoms with van der Waals surface area (Å²) in [7, 11) is 0. The summed E-state index contributed by atoms with van der Waals surface area (Å²) in [5.41, 5.74) is -1.38. The van der Waals surface area contributed by atoms with Gasteiger partial charge in [0.25, 0.3) is 11.5 Å². The Labute approximate surface area is 213 Å². The molecule has 0 radical (unpaired) electrons. The fourth-order valence-electron chi connectivity index (χ4n) is 3.51. The molecule has 0 aliphatic heterocycles. The van der Waals surface area contributed by atoms with Gasteiger partial charge in [0.2, 0.25) is 5.75 Å². The Hall–Kier alpha value is -5.33. The van der Waals surface area contributed by atoms with Crippen molar-refractivity contribution in [3.05, 3.63) is 103 Å². The van der Waals surface area contributed by atoms with Crippen molar-refractivity contribution >= 4 is 34.4 Å². The Morgan fingerprint density at radius 2 is 1.95 bits per heavy atom. The van der Waals surface area contributed by atoms with Crippen molar-refractivity contribution in [2.24, 2.45) is 5.10 Å². The summed E-state index contributed by atoms with van der Waals surface area (Å²) in [6.45, 7) is 1.11. The van der Waals surface area contributed by atoms with Crippen LogP contribution in [0.15, 0.2) is 75.4 Å². The topological polar surface area (TPSA) is 158 Å². The summed E-state index contributed by atoms with van der Waals surface area (Å²) in [5.74, 6) is -1.62. The number of rotatable bonds is 9. The van der Waals surface area contributed by atoms with Crippen LogP contribution in [0.25, 0.3) is 10.9 Å². The fourth-order valence-corrected chi connectivity index (χ4v) is 3.51. The van der Waals surface area contributed by atoms with E-state index in [-0.39, 0.29) is 34.7 Å². The Balaban J connectivity index is 1.64. The van der Waals surface area contributed by atoms with Crippen LogP contribution in [0.2, 0.25) is 0 Å². The summed E-state index contributed by atoms with van der Waals surface area (Å²) in [5, 5.41) is 18.4. The van der Waals surface area contributed by atoms with Crippen LogP contribution < -0.4 is 26.0 Å². The van der Waals surface area contributed by atoms with Gasteiger partial charge in [-0.1, -0.05) is 18.2 Å². The molecule has 0 spiro atoms. The molecule has 0 saturated carbocycles. The molecule has 4 aromatic rings. The number of nitrogens with zero attached hydrogens (tertiary/aromatic N) is 3. The number of halogens is 1. The van der Waals surface area contributed by atoms with Gasteiger partial charge in [-0.2, -0.15) is 5.10 Å². The number of amides is 1. The van der Waals surface area contributed by atoms with Crippen LogP contribution in [0, 0.1) is 15.9 Å². The van der Waals surface area contributed by atoms with Gasteiger partial charge >= 0.3 is 11.4 Å². The Morgan fingerprint density at radius 3 is 2.68 bits per heavy atom. The lowest BCUT2D eigenvalue weighted by Gasteiger charge is -2.13. The summed E-state index contributed by atoms with van der Waals surface area (Å²) in [4.78, 5) is 50.9. The van der Waals surface area contributed by atoms with Crippen LogP contribution in [-0.4, -0.2) is 39.9 Å². The van der Waals surface area contributed by atoms with Crippen LogP contribution >= 0.6 is 0 Å². The maximum Gasteiger partial charge on any atom is 0.349 e. The van der Waals surface area contributed by atoms with Crippen LogP contribution in [-0.2, 0) is 4.79 Å². The number of nitro benzene ring substituents is 1. The fraction of sp³-hybridized carbons (Fsp3) is 0.120. The predicted molar refractivity (Wildman–Crippen MR) is 137 cm³/mol. The van der Waals surface area contributed by atoms with E-state index in [1.807, 2.05) is 0 Å². The highest BCUT2D eigenvalue weighted by Gasteiger charge is 2.23. The molecule has 4 rings (SSSR count). The number of anilines is 1. The van der Waals surface area contributed by atoms with Gasteiger partial charge in [-0.25, -0.2) is 9.18 Å². The molecule has 0 aliphatic carbocycles. The minimum absolute atomic E-state index is 0.0681. The minimum atomic E-state index is -0.797. The molecule has 0 unspecified atom stereocenters. The number of hydrogen-bond acceptors (Lipinski definition) is 8. The minimum Gasteiger partial charge on any atom is -0.490 e. The first kappa shape index (κ1) is 25.8. The number of para-hydroxylation sites is 1. The van der Waals surface area contributed by atoms with Crippen LogP contribution in [0.3, 0.4) is 0 Å². The number of ether oxygens (including phenoxy) is 2. The standard InChI is InChI=1S/C25H20FN5O7/c1-2-37-21-11-15(13-27-30-24(33)18-8-3-4-9-19(18)29-25(30)34)10-20(31(35)36)23(21)38-14-22(32)28-17-7-5-6-16(26)12-17/h3-13H,2,14H2,1H3,(H,28,32)(H,29,34). The van der Waals surface area contributed by atoms with E-state index < -0.39 is 40.2 Å². The Kier molecular flexibility index (Phi) is 7.56. The number of H-pyrrole nitrogens is 1. The Bertz CT molecular complexity index is 1680. The molecule has 0 atom stereocenters. The third-order valence-electron chi connectivity index (χ3n) is 5.12. The molecule has 0 aliphatic rings. The highest BCUT2D eigenvalue weighted by atomic mass is 19.1. The van der Waals surface area contributed by atoms with Gasteiger partial charge in [0.15, 0.2) is 12.4 Å². The number of benzene rings is 3. The lowest BCUT2D eigenvalue weighted by atomic mass is 10.2. The van der Waals surface area contributed by atoms with E-state index in [1.54, 1.807) is 25.1 Å². The molecule has 1 amide bonds. The van der Waals surface area contributed by atoms with Crippen molar-refractivity contribution < 1.29 is 23.6 Å². The molecule has 1 aromatic heterocycles. The molecular weight excluding hydrogens is 501 g/mol. The van der Waals surface area contributed by atoms with E-state index in [9.17, 15) is 28.9 Å². The number of aromatic amines is 1. The molecule has 13 heteroatoms. The van der Waals surface area contributed by atoms with Crippen molar-refractivity contribution in [3.8, 4) is 11.5 Å². The zero-order chi connectivity index (χ0) is 27.2. The number of fused-ring (bicyclic) bond motifs is 1. The second-order valence-electron chi connectivity index (χ2n) is 7.74. The van der Waals surface area contributed by atoms with E-state index in [1.165, 1.54) is 30.3 Å². The number of nitro groups is 1. The van der Waals surface area contributed by atoms with E-state index in [0.717, 1.165) is 18.3 Å². The van der Waals surface area contributed by atoms with E-state index >= 15 is 0 Å². The van der Waals surface area contributed by atoms with Gasteiger partial charge in [-0.05, 0) is 43.3 Å². The van der Waals surface area contributed by atoms with Crippen molar-refractivity contribution in [2.45, 2.75) is 6.92 Å². The first-order valence-electron chi connectivity index (χ1n) is 11.2. The first-order valence-corrected chi connectivity index (χ1v) is 11.2. The second kappa shape index (κ2) is 11.2. The second-order valence-corrected chi connectivity index (χ2v) is 7.74. The molecule has 0 fully saturated rings. The molecule has 3 aromatic carbocycles. The third kappa shape index (κ3) is 5.73. The normalized spacial score (nSPS) is 11.0. The quantitative estimate of drug-likeness (QED) is 0.195. The molecule has 2 N–H and O–H groups in total. The van der Waals surface area contributed by atoms with E-state index in [2.05, 4.69) is 15.4 Å². The largest absolute Gasteiger partial charge is 0.490 e. The van der Waals surface area contributed by atoms with Gasteiger partial charge in [-0.3, -0.25) is 19.7 Å². The van der Waals surface area contributed by atoms with Crippen molar-refractivity contribution in [2.75, 3.05) is 18.5 Å². The van der Waals surface area contributed by atoms with Gasteiger partial charge < -0.3 is 19.8 Å². The van der Waals surface area contributed by atoms with Gasteiger partial charge in [0.05, 0.1) is 28.6 Å². The molecule has 194 valence electrons. The summed E-state index contributed by atoms with van der Waals surface area (Å²) < 4.78 is 24.8. The number of aromatic nitrogens is 2. The zero-order valence-corrected chi connectivity index (χ0v) is 19.8. The number of carbonyl (C=O) groups is 1. The SMILES string of the molecule is CCOc1cc(C=Nn2c(=O)[nH]c3ccccc3c2=O)cc([N+](=O)[O-])c1OCC(=O)Nc1cccc(F)c1. The lowest BCUT2D eigenvalue weighted by Crippen LogP contribution is -2.32. The monoisotopic (exact) mass is 521 g/mol. The summed E-state index contributed by atoms with van der Waals surface area (Å²) in [6.07, 6.45) is 1.08. The lowest BCUT2D eigenvalue weighted by molar-refractivity contribution is -0.385.